The van der Waals surface area contributed by atoms with E-state index in [1.54, 1.807) is 0 Å². The van der Waals surface area contributed by atoms with Crippen LogP contribution in [-0.2, 0) is 0 Å². The largest absolute Gasteiger partial charge is 0.456 e. The van der Waals surface area contributed by atoms with E-state index in [1.165, 1.54) is 0 Å². The molecule has 0 saturated carbocycles. The summed E-state index contributed by atoms with van der Waals surface area (Å²) in [5, 5.41) is 7.41. The van der Waals surface area contributed by atoms with Crippen molar-refractivity contribution in [2.24, 2.45) is 0 Å². The van der Waals surface area contributed by atoms with Crippen molar-refractivity contribution >= 4 is 65.6 Å². The van der Waals surface area contributed by atoms with Crippen molar-refractivity contribution in [3.05, 3.63) is 164 Å². The molecule has 0 aliphatic rings. The molecule has 5 heteroatoms. The second-order valence-electron chi connectivity index (χ2n) is 13.1. The minimum atomic E-state index is 0.640. The molecule has 0 saturated heterocycles. The molecular weight excluding hydrogens is 639 g/mol. The number of benzene rings is 7. The van der Waals surface area contributed by atoms with Crippen molar-refractivity contribution in [3.8, 4) is 45.2 Å². The first-order valence-corrected chi connectivity index (χ1v) is 17.4. The first-order valence-electron chi connectivity index (χ1n) is 17.4. The highest BCUT2D eigenvalue weighted by molar-refractivity contribution is 6.25. The Morgan fingerprint density at radius 3 is 1.88 bits per heavy atom. The Hall–Kier alpha value is -7.11. The molecule has 0 amide bonds. The molecule has 0 radical (unpaired) electrons. The van der Waals surface area contributed by atoms with Gasteiger partial charge < -0.3 is 8.83 Å². The summed E-state index contributed by atoms with van der Waals surface area (Å²) in [6.45, 7) is 0. The van der Waals surface area contributed by atoms with Gasteiger partial charge in [0, 0.05) is 60.0 Å². The minimum absolute atomic E-state index is 0.640. The van der Waals surface area contributed by atoms with Gasteiger partial charge in [-0.15, -0.1) is 0 Å². The fraction of sp³-hybridized carbons (Fsp3) is 0. The SMILES string of the molecule is c1ccc(-c2nc(-c3ccc4c(c3)oc3ccccc34)cc(-c3cccc4c3oc3c4ccc4c(-c5ccccc5)nc5ccccc5c43)n2)cc1. The Labute approximate surface area is 297 Å². The highest BCUT2D eigenvalue weighted by Crippen LogP contribution is 2.43. The fourth-order valence-corrected chi connectivity index (χ4v) is 7.64. The molecule has 0 spiro atoms. The van der Waals surface area contributed by atoms with Gasteiger partial charge in [0.25, 0.3) is 0 Å². The van der Waals surface area contributed by atoms with E-state index in [-0.39, 0.29) is 0 Å². The summed E-state index contributed by atoms with van der Waals surface area (Å²) in [4.78, 5) is 15.4. The van der Waals surface area contributed by atoms with E-state index in [1.807, 2.05) is 60.7 Å². The first kappa shape index (κ1) is 28.7. The zero-order chi connectivity index (χ0) is 34.2. The third-order valence-electron chi connectivity index (χ3n) is 10.1. The summed E-state index contributed by atoms with van der Waals surface area (Å²) in [5.41, 5.74) is 10.6. The summed E-state index contributed by atoms with van der Waals surface area (Å²) in [6, 6.07) is 56.0. The summed E-state index contributed by atoms with van der Waals surface area (Å²) in [7, 11) is 0. The molecule has 7 aromatic carbocycles. The maximum atomic E-state index is 7.03. The van der Waals surface area contributed by atoms with E-state index >= 15 is 0 Å². The summed E-state index contributed by atoms with van der Waals surface area (Å²) in [5.74, 6) is 0.640. The molecule has 11 rings (SSSR count). The molecule has 242 valence electrons. The van der Waals surface area contributed by atoms with Crippen molar-refractivity contribution in [2.75, 3.05) is 0 Å². The molecule has 0 atom stereocenters. The molecule has 4 aromatic heterocycles. The molecule has 0 unspecified atom stereocenters. The number of fused-ring (bicyclic) bond motifs is 10. The van der Waals surface area contributed by atoms with E-state index in [0.29, 0.717) is 5.82 Å². The second kappa shape index (κ2) is 11.2. The van der Waals surface area contributed by atoms with E-state index < -0.39 is 0 Å². The maximum absolute atomic E-state index is 7.03. The van der Waals surface area contributed by atoms with Crippen LogP contribution in [0.2, 0.25) is 0 Å². The zero-order valence-corrected chi connectivity index (χ0v) is 27.7. The number of pyridine rings is 1. The summed E-state index contributed by atoms with van der Waals surface area (Å²) in [6.07, 6.45) is 0. The van der Waals surface area contributed by atoms with Crippen LogP contribution in [0.1, 0.15) is 0 Å². The van der Waals surface area contributed by atoms with Gasteiger partial charge in [0.2, 0.25) is 0 Å². The zero-order valence-electron chi connectivity index (χ0n) is 27.7. The van der Waals surface area contributed by atoms with Crippen molar-refractivity contribution in [3.63, 3.8) is 0 Å². The van der Waals surface area contributed by atoms with Crippen molar-refractivity contribution in [1.29, 1.82) is 0 Å². The predicted molar refractivity (Wildman–Crippen MR) is 211 cm³/mol. The third kappa shape index (κ3) is 4.39. The average molecular weight is 666 g/mol. The van der Waals surface area contributed by atoms with Gasteiger partial charge in [0.1, 0.15) is 22.3 Å². The number of hydrogen-bond donors (Lipinski definition) is 0. The smallest absolute Gasteiger partial charge is 0.160 e. The molecule has 0 aliphatic heterocycles. The molecular formula is C47H27N3O2. The summed E-state index contributed by atoms with van der Waals surface area (Å²) >= 11 is 0. The van der Waals surface area contributed by atoms with Crippen LogP contribution >= 0.6 is 0 Å². The number of para-hydroxylation sites is 3. The van der Waals surface area contributed by atoms with Crippen LogP contribution in [0.25, 0.3) is 111 Å². The number of furan rings is 2. The van der Waals surface area contributed by atoms with Gasteiger partial charge in [-0.2, -0.15) is 0 Å². The highest BCUT2D eigenvalue weighted by Gasteiger charge is 2.21. The number of nitrogens with zero attached hydrogens (tertiary/aromatic N) is 3. The standard InChI is InChI=1S/C47H27N3O2/c1-3-12-28(13-4-1)44-37-25-24-34-33-18-11-19-36(45(33)52-46(34)43(37)35-17-7-9-20-38(35)48-44)40-27-39(49-47(50-40)29-14-5-2-6-15-29)30-22-23-32-31-16-8-10-21-41(31)51-42(32)26-30/h1-27H. The number of aromatic nitrogens is 3. The van der Waals surface area contributed by atoms with Crippen LogP contribution in [0.5, 0.6) is 0 Å². The molecule has 0 N–H and O–H groups in total. The Balaban J connectivity index is 1.17. The maximum Gasteiger partial charge on any atom is 0.160 e. The van der Waals surface area contributed by atoms with E-state index in [2.05, 4.69) is 103 Å². The Morgan fingerprint density at radius 1 is 0.365 bits per heavy atom. The van der Waals surface area contributed by atoms with Crippen LogP contribution in [0, 0.1) is 0 Å². The topological polar surface area (TPSA) is 65.0 Å². The Kier molecular flexibility index (Phi) is 6.18. The van der Waals surface area contributed by atoms with Crippen LogP contribution in [0.3, 0.4) is 0 Å². The van der Waals surface area contributed by atoms with Gasteiger partial charge in [0.15, 0.2) is 5.82 Å². The molecule has 0 bridgehead atoms. The Bertz CT molecular complexity index is 3180. The number of hydrogen-bond acceptors (Lipinski definition) is 5. The van der Waals surface area contributed by atoms with E-state index in [0.717, 1.165) is 105 Å². The first-order chi connectivity index (χ1) is 25.8. The van der Waals surface area contributed by atoms with Crippen molar-refractivity contribution < 1.29 is 8.83 Å². The summed E-state index contributed by atoms with van der Waals surface area (Å²) < 4.78 is 13.3. The lowest BCUT2D eigenvalue weighted by molar-refractivity contribution is 0.669. The molecule has 11 aromatic rings. The molecule has 0 aliphatic carbocycles. The van der Waals surface area contributed by atoms with Gasteiger partial charge in [-0.25, -0.2) is 15.0 Å². The van der Waals surface area contributed by atoms with Crippen molar-refractivity contribution in [2.45, 2.75) is 0 Å². The normalized spacial score (nSPS) is 11.8. The van der Waals surface area contributed by atoms with Crippen LogP contribution in [0.15, 0.2) is 173 Å². The molecule has 5 nitrogen and oxygen atoms in total. The molecule has 4 heterocycles. The van der Waals surface area contributed by atoms with E-state index in [4.69, 9.17) is 23.8 Å². The van der Waals surface area contributed by atoms with Gasteiger partial charge >= 0.3 is 0 Å². The van der Waals surface area contributed by atoms with Crippen LogP contribution < -0.4 is 0 Å². The van der Waals surface area contributed by atoms with Gasteiger partial charge in [0.05, 0.1) is 22.6 Å². The third-order valence-corrected chi connectivity index (χ3v) is 10.1. The number of rotatable bonds is 4. The quantitative estimate of drug-likeness (QED) is 0.175. The van der Waals surface area contributed by atoms with Crippen molar-refractivity contribution in [1.82, 2.24) is 15.0 Å². The fourth-order valence-electron chi connectivity index (χ4n) is 7.64. The lowest BCUT2D eigenvalue weighted by Gasteiger charge is -2.10. The minimum Gasteiger partial charge on any atom is -0.456 e. The monoisotopic (exact) mass is 665 g/mol. The average Bonchev–Trinajstić information content (AvgIpc) is 3.79. The molecule has 0 fully saturated rings. The van der Waals surface area contributed by atoms with Gasteiger partial charge in [-0.1, -0.05) is 121 Å². The lowest BCUT2D eigenvalue weighted by atomic mass is 9.97. The van der Waals surface area contributed by atoms with E-state index in [9.17, 15) is 0 Å². The van der Waals surface area contributed by atoms with Gasteiger partial charge in [-0.05, 0) is 42.5 Å². The highest BCUT2D eigenvalue weighted by atomic mass is 16.3. The second-order valence-corrected chi connectivity index (χ2v) is 13.1. The molecule has 52 heavy (non-hydrogen) atoms. The van der Waals surface area contributed by atoms with Gasteiger partial charge in [-0.3, -0.25) is 0 Å². The van der Waals surface area contributed by atoms with Crippen LogP contribution in [-0.4, -0.2) is 15.0 Å². The predicted octanol–water partition coefficient (Wildman–Crippen LogP) is 12.6. The van der Waals surface area contributed by atoms with Crippen LogP contribution in [0.4, 0.5) is 0 Å². The lowest BCUT2D eigenvalue weighted by Crippen LogP contribution is -1.96. The Morgan fingerprint density at radius 2 is 1.02 bits per heavy atom.